The molecule has 0 spiro atoms. The van der Waals surface area contributed by atoms with E-state index in [1.165, 1.54) is 24.3 Å². The van der Waals surface area contributed by atoms with E-state index in [1.807, 2.05) is 0 Å². The summed E-state index contributed by atoms with van der Waals surface area (Å²) in [5.74, 6) is -0.540. The summed E-state index contributed by atoms with van der Waals surface area (Å²) in [6.07, 6.45) is -7.05. The Bertz CT molecular complexity index is 393. The van der Waals surface area contributed by atoms with Crippen LogP contribution >= 0.6 is 11.8 Å². The first-order valence-corrected chi connectivity index (χ1v) is 5.41. The number of nitro benzene ring substituents is 1. The van der Waals surface area contributed by atoms with Gasteiger partial charge in [0.2, 0.25) is 0 Å². The van der Waals surface area contributed by atoms with Crippen LogP contribution in [0.3, 0.4) is 0 Å². The van der Waals surface area contributed by atoms with Gasteiger partial charge in [0.1, 0.15) is 0 Å². The van der Waals surface area contributed by atoms with Crippen molar-refractivity contribution in [1.29, 1.82) is 0 Å². The second kappa shape index (κ2) is 5.37. The van der Waals surface area contributed by atoms with Gasteiger partial charge in [0.15, 0.2) is 6.10 Å². The highest BCUT2D eigenvalue weighted by Crippen LogP contribution is 2.27. The van der Waals surface area contributed by atoms with E-state index in [2.05, 4.69) is 0 Å². The van der Waals surface area contributed by atoms with Gasteiger partial charge < -0.3 is 5.11 Å². The molecule has 8 heteroatoms. The van der Waals surface area contributed by atoms with Crippen LogP contribution < -0.4 is 0 Å². The van der Waals surface area contributed by atoms with Crippen molar-refractivity contribution < 1.29 is 23.2 Å². The Morgan fingerprint density at radius 3 is 2.29 bits per heavy atom. The van der Waals surface area contributed by atoms with Gasteiger partial charge in [-0.1, -0.05) is 0 Å². The van der Waals surface area contributed by atoms with Crippen LogP contribution in [0, 0.1) is 10.1 Å². The average Bonchev–Trinajstić information content (AvgIpc) is 2.25. The van der Waals surface area contributed by atoms with E-state index in [1.54, 1.807) is 0 Å². The van der Waals surface area contributed by atoms with Gasteiger partial charge in [0.25, 0.3) is 5.69 Å². The van der Waals surface area contributed by atoms with E-state index < -0.39 is 23.0 Å². The molecule has 1 atom stereocenters. The van der Waals surface area contributed by atoms with Crippen LogP contribution in [0.4, 0.5) is 18.9 Å². The van der Waals surface area contributed by atoms with Gasteiger partial charge in [-0.2, -0.15) is 13.2 Å². The summed E-state index contributed by atoms with van der Waals surface area (Å²) in [6.45, 7) is 0. The molecule has 17 heavy (non-hydrogen) atoms. The molecule has 0 aliphatic heterocycles. The van der Waals surface area contributed by atoms with Crippen molar-refractivity contribution in [3.05, 3.63) is 34.4 Å². The van der Waals surface area contributed by atoms with Crippen molar-refractivity contribution in [2.45, 2.75) is 17.2 Å². The zero-order valence-corrected chi connectivity index (χ0v) is 9.16. The van der Waals surface area contributed by atoms with Gasteiger partial charge in [0.05, 0.1) is 4.92 Å². The molecule has 1 rings (SSSR count). The predicted molar refractivity (Wildman–Crippen MR) is 55.9 cm³/mol. The number of hydrogen-bond acceptors (Lipinski definition) is 4. The van der Waals surface area contributed by atoms with Crippen LogP contribution in [-0.4, -0.2) is 28.1 Å². The van der Waals surface area contributed by atoms with E-state index in [-0.39, 0.29) is 5.69 Å². The highest BCUT2D eigenvalue weighted by molar-refractivity contribution is 7.99. The molecule has 0 saturated carbocycles. The standard InChI is InChI=1S/C9H8F3NO3S/c10-9(11,12)8(14)5-17-7-3-1-6(2-4-7)13(15)16/h1-4,8,14H,5H2. The number of halogens is 3. The van der Waals surface area contributed by atoms with Gasteiger partial charge in [0, 0.05) is 22.8 Å². The highest BCUT2D eigenvalue weighted by Gasteiger charge is 2.37. The minimum atomic E-state index is -4.65. The Hall–Kier alpha value is -1.28. The van der Waals surface area contributed by atoms with E-state index in [0.29, 0.717) is 4.90 Å². The average molecular weight is 267 g/mol. The van der Waals surface area contributed by atoms with Crippen molar-refractivity contribution in [3.63, 3.8) is 0 Å². The van der Waals surface area contributed by atoms with Gasteiger partial charge in [-0.25, -0.2) is 0 Å². The number of aliphatic hydroxyl groups excluding tert-OH is 1. The summed E-state index contributed by atoms with van der Waals surface area (Å²) < 4.78 is 35.9. The first kappa shape index (κ1) is 13.8. The fraction of sp³-hybridized carbons (Fsp3) is 0.333. The number of rotatable bonds is 4. The normalized spacial score (nSPS) is 13.4. The minimum Gasteiger partial charge on any atom is -0.383 e. The number of aliphatic hydroxyl groups is 1. The van der Waals surface area contributed by atoms with Crippen molar-refractivity contribution in [2.24, 2.45) is 0 Å². The first-order valence-electron chi connectivity index (χ1n) is 4.42. The Labute approximate surface area is 98.6 Å². The number of alkyl halides is 3. The van der Waals surface area contributed by atoms with Crippen molar-refractivity contribution in [2.75, 3.05) is 5.75 Å². The molecular weight excluding hydrogens is 259 g/mol. The Morgan fingerprint density at radius 1 is 1.35 bits per heavy atom. The fourth-order valence-electron chi connectivity index (χ4n) is 0.934. The molecule has 4 nitrogen and oxygen atoms in total. The monoisotopic (exact) mass is 267 g/mol. The van der Waals surface area contributed by atoms with E-state index in [9.17, 15) is 23.3 Å². The molecule has 0 aliphatic carbocycles. The Morgan fingerprint density at radius 2 is 1.88 bits per heavy atom. The third-order valence-electron chi connectivity index (χ3n) is 1.83. The van der Waals surface area contributed by atoms with Crippen molar-refractivity contribution in [3.8, 4) is 0 Å². The lowest BCUT2D eigenvalue weighted by Gasteiger charge is -2.13. The van der Waals surface area contributed by atoms with Crippen LogP contribution in [0.5, 0.6) is 0 Å². The van der Waals surface area contributed by atoms with Gasteiger partial charge in [-0.15, -0.1) is 11.8 Å². The smallest absolute Gasteiger partial charge is 0.383 e. The summed E-state index contributed by atoms with van der Waals surface area (Å²) in [4.78, 5) is 10.2. The molecule has 94 valence electrons. The van der Waals surface area contributed by atoms with Crippen LogP contribution in [-0.2, 0) is 0 Å². The fourth-order valence-corrected chi connectivity index (χ4v) is 1.80. The molecule has 1 N–H and O–H groups in total. The SMILES string of the molecule is O=[N+]([O-])c1ccc(SCC(O)C(F)(F)F)cc1. The van der Waals surface area contributed by atoms with E-state index in [4.69, 9.17) is 5.11 Å². The van der Waals surface area contributed by atoms with Gasteiger partial charge in [-0.05, 0) is 12.1 Å². The van der Waals surface area contributed by atoms with Crippen LogP contribution in [0.15, 0.2) is 29.2 Å². The lowest BCUT2D eigenvalue weighted by molar-refractivity contribution is -0.384. The molecule has 0 radical (unpaired) electrons. The Balaban J connectivity index is 2.56. The van der Waals surface area contributed by atoms with Gasteiger partial charge in [-0.3, -0.25) is 10.1 Å². The van der Waals surface area contributed by atoms with Crippen LogP contribution in [0.2, 0.25) is 0 Å². The summed E-state index contributed by atoms with van der Waals surface area (Å²) in [7, 11) is 0. The van der Waals surface area contributed by atoms with E-state index >= 15 is 0 Å². The summed E-state index contributed by atoms with van der Waals surface area (Å²) in [5.41, 5.74) is -0.134. The molecule has 0 heterocycles. The van der Waals surface area contributed by atoms with Gasteiger partial charge >= 0.3 is 6.18 Å². The maximum atomic E-state index is 12.0. The number of nitro groups is 1. The molecule has 0 amide bonds. The second-order valence-electron chi connectivity index (χ2n) is 3.12. The van der Waals surface area contributed by atoms with Crippen LogP contribution in [0.25, 0.3) is 0 Å². The van der Waals surface area contributed by atoms with Crippen molar-refractivity contribution in [1.82, 2.24) is 0 Å². The summed E-state index contributed by atoms with van der Waals surface area (Å²) >= 11 is 0.783. The molecule has 0 aliphatic rings. The second-order valence-corrected chi connectivity index (χ2v) is 4.21. The highest BCUT2D eigenvalue weighted by atomic mass is 32.2. The number of thioether (sulfide) groups is 1. The predicted octanol–water partition coefficient (Wildman–Crippen LogP) is 2.61. The third-order valence-corrected chi connectivity index (χ3v) is 2.92. The summed E-state index contributed by atoms with van der Waals surface area (Å²) in [6, 6.07) is 5.07. The lowest BCUT2D eigenvalue weighted by atomic mass is 10.3. The van der Waals surface area contributed by atoms with Crippen molar-refractivity contribution >= 4 is 17.4 Å². The molecule has 1 unspecified atom stereocenters. The number of non-ortho nitro benzene ring substituents is 1. The lowest BCUT2D eigenvalue weighted by Crippen LogP contribution is -2.30. The number of nitrogens with zero attached hydrogens (tertiary/aromatic N) is 1. The first-order chi connectivity index (χ1) is 7.80. The zero-order valence-electron chi connectivity index (χ0n) is 8.35. The number of hydrogen-bond donors (Lipinski definition) is 1. The molecule has 1 aromatic carbocycles. The molecule has 0 aromatic heterocycles. The zero-order chi connectivity index (χ0) is 13.1. The molecule has 0 fully saturated rings. The minimum absolute atomic E-state index is 0.134. The maximum absolute atomic E-state index is 12.0. The largest absolute Gasteiger partial charge is 0.415 e. The molecule has 0 bridgehead atoms. The quantitative estimate of drug-likeness (QED) is 0.517. The Kier molecular flexibility index (Phi) is 4.35. The number of benzene rings is 1. The van der Waals surface area contributed by atoms with Crippen LogP contribution in [0.1, 0.15) is 0 Å². The molecule has 1 aromatic rings. The van der Waals surface area contributed by atoms with E-state index in [0.717, 1.165) is 11.8 Å². The topological polar surface area (TPSA) is 63.4 Å². The third kappa shape index (κ3) is 4.23. The molecular formula is C9H8F3NO3S. The maximum Gasteiger partial charge on any atom is 0.415 e. The summed E-state index contributed by atoms with van der Waals surface area (Å²) in [5, 5.41) is 19.1. The molecule has 0 saturated heterocycles.